The predicted molar refractivity (Wildman–Crippen MR) is 62.4 cm³/mol. The van der Waals surface area contributed by atoms with Crippen molar-refractivity contribution in [2.24, 2.45) is 0 Å². The molecule has 0 bridgehead atoms. The number of hydrogen-bond donors (Lipinski definition) is 3. The number of rotatable bonds is 5. The average molecular weight is 293 g/mol. The van der Waals surface area contributed by atoms with E-state index in [1.807, 2.05) is 0 Å². The molecular formula is C9H20NNaO6S. The zero-order valence-electron chi connectivity index (χ0n) is 12.1. The maximum atomic E-state index is 11.3. The van der Waals surface area contributed by atoms with E-state index in [1.54, 1.807) is 20.8 Å². The summed E-state index contributed by atoms with van der Waals surface area (Å²) < 4.78 is 34.5. The number of hydrogen-bond acceptors (Lipinski definition) is 5. The molecular weight excluding hydrogens is 273 g/mol. The van der Waals surface area contributed by atoms with Gasteiger partial charge in [0.1, 0.15) is 5.60 Å². The fourth-order valence-electron chi connectivity index (χ4n) is 0.975. The maximum Gasteiger partial charge on any atom is 1.00 e. The van der Waals surface area contributed by atoms with E-state index in [1.165, 1.54) is 0 Å². The minimum atomic E-state index is -4.10. The van der Waals surface area contributed by atoms with Gasteiger partial charge in [-0.2, -0.15) is 8.42 Å². The van der Waals surface area contributed by atoms with Crippen molar-refractivity contribution in [3.8, 4) is 0 Å². The van der Waals surface area contributed by atoms with E-state index < -0.39 is 40.2 Å². The predicted octanol–water partition coefficient (Wildman–Crippen LogP) is -2.73. The maximum absolute atomic E-state index is 11.3. The van der Waals surface area contributed by atoms with Crippen molar-refractivity contribution in [3.05, 3.63) is 0 Å². The summed E-state index contributed by atoms with van der Waals surface area (Å²) in [4.78, 5) is 11.3. The molecule has 0 spiro atoms. The number of aliphatic hydroxyl groups is 1. The summed E-state index contributed by atoms with van der Waals surface area (Å²) in [6.07, 6.45) is -0.832. The number of amides is 1. The Kier molecular flexibility index (Phi) is 9.48. The van der Waals surface area contributed by atoms with Crippen LogP contribution >= 0.6 is 0 Å². The topological polar surface area (TPSA) is 113 Å². The van der Waals surface area contributed by atoms with Crippen molar-refractivity contribution in [1.82, 2.24) is 5.32 Å². The van der Waals surface area contributed by atoms with Crippen LogP contribution < -0.4 is 34.9 Å². The molecule has 7 nitrogen and oxygen atoms in total. The van der Waals surface area contributed by atoms with Crippen LogP contribution in [0.25, 0.3) is 0 Å². The van der Waals surface area contributed by atoms with Gasteiger partial charge in [-0.25, -0.2) is 4.79 Å². The molecule has 0 fully saturated rings. The van der Waals surface area contributed by atoms with Crippen LogP contribution in [0.15, 0.2) is 0 Å². The summed E-state index contributed by atoms with van der Waals surface area (Å²) in [7, 11) is -4.10. The SMILES string of the molecule is CC(C)(C)OC(=O)NC(CO)CCS(=O)(=O)O.[H-].[Na+]. The summed E-state index contributed by atoms with van der Waals surface area (Å²) >= 11 is 0. The van der Waals surface area contributed by atoms with Crippen molar-refractivity contribution in [2.45, 2.75) is 38.8 Å². The Morgan fingerprint density at radius 3 is 2.28 bits per heavy atom. The van der Waals surface area contributed by atoms with Gasteiger partial charge in [-0.3, -0.25) is 4.55 Å². The van der Waals surface area contributed by atoms with E-state index in [4.69, 9.17) is 14.4 Å². The summed E-state index contributed by atoms with van der Waals surface area (Å²) in [6, 6.07) is -0.772. The van der Waals surface area contributed by atoms with Gasteiger partial charge >= 0.3 is 35.7 Å². The minimum absolute atomic E-state index is 0. The average Bonchev–Trinajstić information content (AvgIpc) is 2.07. The first kappa shape index (κ1) is 20.5. The molecule has 0 aliphatic heterocycles. The van der Waals surface area contributed by atoms with Gasteiger partial charge in [0.25, 0.3) is 10.1 Å². The first-order valence-electron chi connectivity index (χ1n) is 5.09. The molecule has 0 saturated heterocycles. The van der Waals surface area contributed by atoms with Gasteiger partial charge in [0.2, 0.25) is 0 Å². The van der Waals surface area contributed by atoms with Crippen molar-refractivity contribution in [2.75, 3.05) is 12.4 Å². The molecule has 0 rings (SSSR count). The van der Waals surface area contributed by atoms with Crippen LogP contribution in [0.1, 0.15) is 28.6 Å². The van der Waals surface area contributed by atoms with Crippen molar-refractivity contribution in [1.29, 1.82) is 0 Å². The third kappa shape index (κ3) is 12.6. The first-order chi connectivity index (χ1) is 7.53. The van der Waals surface area contributed by atoms with E-state index >= 15 is 0 Å². The summed E-state index contributed by atoms with van der Waals surface area (Å²) in [5.74, 6) is -0.534. The second-order valence-corrected chi connectivity index (χ2v) is 6.17. The minimum Gasteiger partial charge on any atom is -1.00 e. The second-order valence-electron chi connectivity index (χ2n) is 4.60. The molecule has 0 aromatic rings. The Balaban J connectivity index is -0.00000128. The number of alkyl carbamates (subject to hydrolysis) is 1. The zero-order valence-corrected chi connectivity index (χ0v) is 14.0. The standard InChI is InChI=1S/C9H19NO6S.Na.H/c1-9(2,3)16-8(12)10-7(6-11)4-5-17(13,14)15;;/h7,11H,4-6H2,1-3H3,(H,10,12)(H,13,14,15);;/q;+1;-1. The Morgan fingerprint density at radius 2 is 1.94 bits per heavy atom. The Hall–Kier alpha value is 0.140. The van der Waals surface area contributed by atoms with E-state index in [0.717, 1.165) is 0 Å². The van der Waals surface area contributed by atoms with Gasteiger partial charge in [-0.15, -0.1) is 0 Å². The molecule has 0 aliphatic rings. The van der Waals surface area contributed by atoms with Gasteiger partial charge in [0.05, 0.1) is 18.4 Å². The fourth-order valence-corrected chi connectivity index (χ4v) is 1.56. The Bertz CT molecular complexity index is 356. The van der Waals surface area contributed by atoms with Crippen LogP contribution in [0.2, 0.25) is 0 Å². The normalized spacial score (nSPS) is 13.4. The molecule has 1 unspecified atom stereocenters. The van der Waals surface area contributed by atoms with Crippen molar-refractivity contribution < 1.29 is 58.6 Å². The van der Waals surface area contributed by atoms with Gasteiger partial charge in [0, 0.05) is 0 Å². The third-order valence-electron chi connectivity index (χ3n) is 1.67. The number of carbonyl (C=O) groups is 1. The van der Waals surface area contributed by atoms with Crippen LogP contribution in [0.4, 0.5) is 4.79 Å². The van der Waals surface area contributed by atoms with E-state index in [-0.39, 0.29) is 37.4 Å². The number of aliphatic hydroxyl groups excluding tert-OH is 1. The van der Waals surface area contributed by atoms with E-state index in [0.29, 0.717) is 0 Å². The second kappa shape index (κ2) is 8.34. The van der Waals surface area contributed by atoms with E-state index in [2.05, 4.69) is 5.32 Å². The molecule has 1 atom stereocenters. The van der Waals surface area contributed by atoms with Crippen molar-refractivity contribution in [3.63, 3.8) is 0 Å². The van der Waals surface area contributed by atoms with Crippen LogP contribution in [0, 0.1) is 0 Å². The monoisotopic (exact) mass is 293 g/mol. The third-order valence-corrected chi connectivity index (χ3v) is 2.42. The quantitative estimate of drug-likeness (QED) is 0.374. The van der Waals surface area contributed by atoms with Crippen LogP contribution in [-0.4, -0.2) is 48.2 Å². The van der Waals surface area contributed by atoms with Crippen LogP contribution in [0.5, 0.6) is 0 Å². The Labute approximate surface area is 131 Å². The molecule has 1 amide bonds. The van der Waals surface area contributed by atoms with Crippen LogP contribution in [0.3, 0.4) is 0 Å². The molecule has 0 aromatic carbocycles. The van der Waals surface area contributed by atoms with Gasteiger partial charge in [-0.05, 0) is 27.2 Å². The number of carbonyl (C=O) groups excluding carboxylic acids is 1. The van der Waals surface area contributed by atoms with E-state index in [9.17, 15) is 13.2 Å². The number of ether oxygens (including phenoxy) is 1. The zero-order chi connectivity index (χ0) is 13.7. The molecule has 0 aromatic heterocycles. The summed E-state index contributed by atoms with van der Waals surface area (Å²) in [6.45, 7) is 4.60. The molecule has 0 saturated carbocycles. The van der Waals surface area contributed by atoms with Crippen LogP contribution in [-0.2, 0) is 14.9 Å². The molecule has 0 radical (unpaired) electrons. The first-order valence-corrected chi connectivity index (χ1v) is 6.70. The molecule has 0 heterocycles. The summed E-state index contributed by atoms with van der Waals surface area (Å²) in [5, 5.41) is 11.2. The molecule has 18 heavy (non-hydrogen) atoms. The summed E-state index contributed by atoms with van der Waals surface area (Å²) in [5.41, 5.74) is -0.673. The fraction of sp³-hybridized carbons (Fsp3) is 0.889. The Morgan fingerprint density at radius 1 is 1.44 bits per heavy atom. The van der Waals surface area contributed by atoms with Gasteiger partial charge < -0.3 is 16.6 Å². The largest absolute Gasteiger partial charge is 1.00 e. The molecule has 9 heteroatoms. The number of nitrogens with one attached hydrogen (secondary N) is 1. The van der Waals surface area contributed by atoms with Gasteiger partial charge in [-0.1, -0.05) is 0 Å². The smallest absolute Gasteiger partial charge is 1.00 e. The van der Waals surface area contributed by atoms with Crippen molar-refractivity contribution >= 4 is 16.2 Å². The molecule has 3 N–H and O–H groups in total. The van der Waals surface area contributed by atoms with Gasteiger partial charge in [0.15, 0.2) is 0 Å². The molecule has 104 valence electrons. The molecule has 0 aliphatic carbocycles.